The summed E-state index contributed by atoms with van der Waals surface area (Å²) in [5, 5.41) is 7.37. The molecule has 0 aliphatic carbocycles. The van der Waals surface area contributed by atoms with Crippen LogP contribution in [0.1, 0.15) is 31.2 Å². The lowest BCUT2D eigenvalue weighted by molar-refractivity contribution is -0.135. The van der Waals surface area contributed by atoms with Crippen LogP contribution in [-0.2, 0) is 16.1 Å². The van der Waals surface area contributed by atoms with E-state index in [1.165, 1.54) is 0 Å². The first-order chi connectivity index (χ1) is 13.0. The van der Waals surface area contributed by atoms with Crippen molar-refractivity contribution < 1.29 is 14.3 Å². The van der Waals surface area contributed by atoms with Crippen molar-refractivity contribution in [3.63, 3.8) is 0 Å². The molecule has 0 aromatic carbocycles. The number of carbonyl (C=O) groups excluding carboxylic acids is 2. The molecule has 0 saturated carbocycles. The van der Waals surface area contributed by atoms with Crippen molar-refractivity contribution in [3.05, 3.63) is 17.5 Å². The van der Waals surface area contributed by atoms with Crippen LogP contribution in [0.25, 0.3) is 0 Å². The van der Waals surface area contributed by atoms with Gasteiger partial charge in [0.15, 0.2) is 0 Å². The van der Waals surface area contributed by atoms with Gasteiger partial charge >= 0.3 is 6.03 Å². The SMILES string of the molecule is CCCNC(=O)N1CCOC[C@H]2CN(C(=O)Cn3nc(C)cc3C)CC[C@H]21. The molecule has 2 atom stereocenters. The van der Waals surface area contributed by atoms with Crippen molar-refractivity contribution >= 4 is 11.9 Å². The molecule has 1 N–H and O–H groups in total. The Kier molecular flexibility index (Phi) is 6.36. The number of hydrogen-bond donors (Lipinski definition) is 1. The zero-order valence-electron chi connectivity index (χ0n) is 16.6. The van der Waals surface area contributed by atoms with Crippen molar-refractivity contribution in [2.24, 2.45) is 5.92 Å². The fourth-order valence-electron chi connectivity index (χ4n) is 4.03. The van der Waals surface area contributed by atoms with Crippen LogP contribution in [0.15, 0.2) is 6.07 Å². The summed E-state index contributed by atoms with van der Waals surface area (Å²) >= 11 is 0. The Labute approximate surface area is 160 Å². The number of amides is 3. The lowest BCUT2D eigenvalue weighted by atomic mass is 9.91. The minimum atomic E-state index is -0.0141. The smallest absolute Gasteiger partial charge is 0.317 e. The van der Waals surface area contributed by atoms with E-state index in [1.54, 1.807) is 4.68 Å². The number of nitrogens with zero attached hydrogens (tertiary/aromatic N) is 4. The molecular formula is C19H31N5O3. The summed E-state index contributed by atoms with van der Waals surface area (Å²) in [5.74, 6) is 0.226. The number of rotatable bonds is 4. The highest BCUT2D eigenvalue weighted by molar-refractivity contribution is 5.76. The quantitative estimate of drug-likeness (QED) is 0.854. The Morgan fingerprint density at radius 2 is 2.15 bits per heavy atom. The number of aromatic nitrogens is 2. The Balaban J connectivity index is 1.63. The van der Waals surface area contributed by atoms with Gasteiger partial charge in [0.1, 0.15) is 6.54 Å². The van der Waals surface area contributed by atoms with Crippen LogP contribution < -0.4 is 5.32 Å². The van der Waals surface area contributed by atoms with E-state index in [4.69, 9.17) is 4.74 Å². The molecule has 27 heavy (non-hydrogen) atoms. The van der Waals surface area contributed by atoms with E-state index >= 15 is 0 Å². The zero-order valence-corrected chi connectivity index (χ0v) is 16.6. The van der Waals surface area contributed by atoms with E-state index in [0.717, 1.165) is 24.2 Å². The molecule has 150 valence electrons. The Morgan fingerprint density at radius 3 is 2.85 bits per heavy atom. The number of fused-ring (bicyclic) bond motifs is 1. The molecule has 0 radical (unpaired) electrons. The van der Waals surface area contributed by atoms with Gasteiger partial charge in [-0.2, -0.15) is 5.10 Å². The van der Waals surface area contributed by atoms with Gasteiger partial charge in [-0.1, -0.05) is 6.92 Å². The van der Waals surface area contributed by atoms with Gasteiger partial charge in [0, 0.05) is 43.8 Å². The third kappa shape index (κ3) is 4.61. The van der Waals surface area contributed by atoms with E-state index < -0.39 is 0 Å². The number of urea groups is 1. The summed E-state index contributed by atoms with van der Waals surface area (Å²) in [6, 6.07) is 2.09. The minimum Gasteiger partial charge on any atom is -0.379 e. The van der Waals surface area contributed by atoms with Crippen molar-refractivity contribution in [3.8, 4) is 0 Å². The second-order valence-corrected chi connectivity index (χ2v) is 7.54. The minimum absolute atomic E-state index is 0.0141. The van der Waals surface area contributed by atoms with Crippen LogP contribution in [0.5, 0.6) is 0 Å². The summed E-state index contributed by atoms with van der Waals surface area (Å²) in [6.07, 6.45) is 1.70. The number of hydrogen-bond acceptors (Lipinski definition) is 4. The van der Waals surface area contributed by atoms with Crippen molar-refractivity contribution in [1.29, 1.82) is 0 Å². The summed E-state index contributed by atoms with van der Waals surface area (Å²) in [7, 11) is 0. The van der Waals surface area contributed by atoms with Gasteiger partial charge < -0.3 is 19.9 Å². The van der Waals surface area contributed by atoms with Crippen LogP contribution >= 0.6 is 0 Å². The predicted octanol–water partition coefficient (Wildman–Crippen LogP) is 1.17. The van der Waals surface area contributed by atoms with Gasteiger partial charge in [-0.05, 0) is 32.8 Å². The normalized spacial score (nSPS) is 22.9. The first-order valence-electron chi connectivity index (χ1n) is 9.90. The number of nitrogens with one attached hydrogen (secondary N) is 1. The number of carbonyl (C=O) groups is 2. The van der Waals surface area contributed by atoms with Crippen molar-refractivity contribution in [2.45, 2.75) is 46.2 Å². The third-order valence-electron chi connectivity index (χ3n) is 5.43. The molecule has 1 aromatic rings. The second kappa shape index (κ2) is 8.73. The highest BCUT2D eigenvalue weighted by atomic mass is 16.5. The van der Waals surface area contributed by atoms with Crippen LogP contribution in [0.3, 0.4) is 0 Å². The van der Waals surface area contributed by atoms with Crippen molar-refractivity contribution in [1.82, 2.24) is 24.9 Å². The van der Waals surface area contributed by atoms with E-state index in [-0.39, 0.29) is 30.4 Å². The molecule has 2 saturated heterocycles. The average Bonchev–Trinajstić information content (AvgIpc) is 2.84. The number of piperidine rings is 1. The van der Waals surface area contributed by atoms with Gasteiger partial charge in [0.05, 0.1) is 18.9 Å². The van der Waals surface area contributed by atoms with E-state index in [0.29, 0.717) is 39.4 Å². The number of ether oxygens (including phenoxy) is 1. The standard InChI is InChI=1S/C19H31N5O3/c1-4-6-20-19(26)23-8-9-27-13-16-11-22(7-5-17(16)23)18(25)12-24-15(3)10-14(2)21-24/h10,16-17H,4-9,11-13H2,1-3H3,(H,20,26)/t16-,17-/m1/s1. The van der Waals surface area contributed by atoms with E-state index in [1.807, 2.05) is 36.6 Å². The van der Waals surface area contributed by atoms with Gasteiger partial charge in [-0.15, -0.1) is 0 Å². The first kappa shape index (κ1) is 19.7. The fraction of sp³-hybridized carbons (Fsp3) is 0.737. The molecule has 8 heteroatoms. The molecule has 3 heterocycles. The first-order valence-corrected chi connectivity index (χ1v) is 9.90. The summed E-state index contributed by atoms with van der Waals surface area (Å²) in [6.45, 7) is 9.92. The average molecular weight is 377 g/mol. The Bertz CT molecular complexity index is 674. The molecule has 3 amide bonds. The number of likely N-dealkylation sites (tertiary alicyclic amines) is 1. The zero-order chi connectivity index (χ0) is 19.4. The van der Waals surface area contributed by atoms with Crippen LogP contribution in [-0.4, -0.2) is 77.0 Å². The van der Waals surface area contributed by atoms with Gasteiger partial charge in [-0.3, -0.25) is 9.48 Å². The van der Waals surface area contributed by atoms with E-state index in [2.05, 4.69) is 10.4 Å². The topological polar surface area (TPSA) is 79.7 Å². The van der Waals surface area contributed by atoms with Gasteiger partial charge in [0.25, 0.3) is 0 Å². The largest absolute Gasteiger partial charge is 0.379 e. The fourth-order valence-corrected chi connectivity index (χ4v) is 4.03. The highest BCUT2D eigenvalue weighted by Gasteiger charge is 2.38. The molecule has 0 bridgehead atoms. The van der Waals surface area contributed by atoms with Crippen LogP contribution in [0, 0.1) is 19.8 Å². The Hall–Kier alpha value is -2.09. The molecular weight excluding hydrogens is 346 g/mol. The maximum Gasteiger partial charge on any atom is 0.317 e. The highest BCUT2D eigenvalue weighted by Crippen LogP contribution is 2.25. The molecule has 2 aliphatic heterocycles. The molecule has 0 spiro atoms. The maximum atomic E-state index is 12.8. The van der Waals surface area contributed by atoms with E-state index in [9.17, 15) is 9.59 Å². The van der Waals surface area contributed by atoms with Gasteiger partial charge in [0.2, 0.25) is 5.91 Å². The van der Waals surface area contributed by atoms with Crippen LogP contribution in [0.2, 0.25) is 0 Å². The second-order valence-electron chi connectivity index (χ2n) is 7.54. The lowest BCUT2D eigenvalue weighted by Crippen LogP contribution is -2.56. The Morgan fingerprint density at radius 1 is 1.33 bits per heavy atom. The molecule has 2 aliphatic rings. The molecule has 8 nitrogen and oxygen atoms in total. The van der Waals surface area contributed by atoms with Crippen LogP contribution in [0.4, 0.5) is 4.79 Å². The monoisotopic (exact) mass is 377 g/mol. The van der Waals surface area contributed by atoms with Gasteiger partial charge in [-0.25, -0.2) is 4.79 Å². The summed E-state index contributed by atoms with van der Waals surface area (Å²) in [5.41, 5.74) is 1.91. The predicted molar refractivity (Wildman–Crippen MR) is 101 cm³/mol. The molecule has 0 unspecified atom stereocenters. The lowest BCUT2D eigenvalue weighted by Gasteiger charge is -2.42. The maximum absolute atomic E-state index is 12.8. The summed E-state index contributed by atoms with van der Waals surface area (Å²) in [4.78, 5) is 29.1. The molecule has 1 aromatic heterocycles. The molecule has 2 fully saturated rings. The molecule has 3 rings (SSSR count). The third-order valence-corrected chi connectivity index (χ3v) is 5.43. The number of aryl methyl sites for hydroxylation is 2. The summed E-state index contributed by atoms with van der Waals surface area (Å²) < 4.78 is 7.50. The van der Waals surface area contributed by atoms with Crippen molar-refractivity contribution in [2.75, 3.05) is 39.4 Å².